The molecular weight excluding hydrogens is 416 g/mol. The quantitative estimate of drug-likeness (QED) is 0.151. The molecule has 1 aromatic heterocycles. The second kappa shape index (κ2) is 12.2. The minimum atomic E-state index is -1.49. The number of aromatic nitrogens is 2. The minimum absolute atomic E-state index is 0.105. The van der Waals surface area contributed by atoms with Crippen molar-refractivity contribution in [2.75, 3.05) is 6.54 Å². The van der Waals surface area contributed by atoms with Crippen LogP contribution in [-0.2, 0) is 30.4 Å². The number of nitrogens with zero attached hydrogens (tertiary/aromatic N) is 1. The van der Waals surface area contributed by atoms with Gasteiger partial charge in [0.15, 0.2) is 0 Å². The third kappa shape index (κ3) is 9.22. The van der Waals surface area contributed by atoms with Crippen LogP contribution in [0.4, 0.5) is 0 Å². The molecule has 0 saturated heterocycles. The lowest BCUT2D eigenvalue weighted by atomic mass is 10.1. The fourth-order valence-corrected chi connectivity index (χ4v) is 2.42. The number of carbonyl (C=O) groups excluding carboxylic acids is 3. The van der Waals surface area contributed by atoms with Gasteiger partial charge in [0.05, 0.1) is 25.0 Å². The molecule has 0 bridgehead atoms. The number of rotatable bonds is 13. The number of nitrogens with two attached hydrogens (primary N) is 1. The number of imidazole rings is 1. The van der Waals surface area contributed by atoms with E-state index >= 15 is 0 Å². The van der Waals surface area contributed by atoms with E-state index in [1.807, 2.05) is 0 Å². The lowest BCUT2D eigenvalue weighted by Gasteiger charge is -2.23. The number of hydrogen-bond acceptors (Lipinski definition) is 8. The lowest BCUT2D eigenvalue weighted by Crippen LogP contribution is -2.57. The summed E-state index contributed by atoms with van der Waals surface area (Å²) in [6.07, 6.45) is 0.796. The van der Waals surface area contributed by atoms with Crippen molar-refractivity contribution in [2.24, 2.45) is 5.73 Å². The number of hydrogen-bond donors (Lipinski definition) is 8. The molecule has 0 aliphatic rings. The summed E-state index contributed by atoms with van der Waals surface area (Å²) >= 11 is 0. The smallest absolute Gasteiger partial charge is 0.326 e. The maximum atomic E-state index is 12.4. The maximum absolute atomic E-state index is 12.4. The number of H-pyrrole nitrogens is 1. The summed E-state index contributed by atoms with van der Waals surface area (Å²) in [6.45, 7) is 0.627. The third-order valence-electron chi connectivity index (χ3n) is 4.10. The molecule has 0 aromatic carbocycles. The van der Waals surface area contributed by atoms with E-state index in [0.29, 0.717) is 5.69 Å². The first-order valence-corrected chi connectivity index (χ1v) is 9.24. The number of nitrogens with one attached hydrogen (secondary N) is 4. The highest BCUT2D eigenvalue weighted by molar-refractivity contribution is 5.93. The molecule has 31 heavy (non-hydrogen) atoms. The first-order valence-electron chi connectivity index (χ1n) is 9.24. The maximum Gasteiger partial charge on any atom is 0.326 e. The van der Waals surface area contributed by atoms with Gasteiger partial charge in [-0.05, 0) is 13.3 Å². The average molecular weight is 442 g/mol. The van der Waals surface area contributed by atoms with Gasteiger partial charge in [-0.1, -0.05) is 0 Å². The Balaban J connectivity index is 2.62. The zero-order chi connectivity index (χ0) is 23.6. The van der Waals surface area contributed by atoms with Gasteiger partial charge in [0.1, 0.15) is 12.1 Å². The summed E-state index contributed by atoms with van der Waals surface area (Å²) in [5, 5.41) is 34.3. The summed E-state index contributed by atoms with van der Waals surface area (Å²) in [5.74, 6) is -5.01. The number of carboxylic acid groups (broad SMARTS) is 2. The van der Waals surface area contributed by atoms with Crippen LogP contribution in [0.3, 0.4) is 0 Å². The van der Waals surface area contributed by atoms with E-state index in [1.165, 1.54) is 19.4 Å². The van der Waals surface area contributed by atoms with Gasteiger partial charge >= 0.3 is 11.9 Å². The van der Waals surface area contributed by atoms with Crippen LogP contribution >= 0.6 is 0 Å². The molecule has 172 valence electrons. The predicted octanol–water partition coefficient (Wildman–Crippen LogP) is -3.30. The molecular formula is C17H26N6O8. The summed E-state index contributed by atoms with van der Waals surface area (Å²) in [4.78, 5) is 64.6. The number of carbonyl (C=O) groups is 5. The third-order valence-corrected chi connectivity index (χ3v) is 4.10. The lowest BCUT2D eigenvalue weighted by molar-refractivity contribution is -0.143. The van der Waals surface area contributed by atoms with Crippen molar-refractivity contribution < 1.29 is 39.3 Å². The summed E-state index contributed by atoms with van der Waals surface area (Å²) in [7, 11) is 0. The Labute approximate surface area is 176 Å². The van der Waals surface area contributed by atoms with Crippen LogP contribution in [-0.4, -0.2) is 85.7 Å². The second-order valence-electron chi connectivity index (χ2n) is 6.72. The SMILES string of the molecule is CC(O)C(NC(=O)CNC(=O)C(N)CCC(=O)O)C(=O)NC(Cc1cnc[nH]1)C(=O)O. The molecule has 3 amide bonds. The van der Waals surface area contributed by atoms with Crippen LogP contribution in [0.5, 0.6) is 0 Å². The van der Waals surface area contributed by atoms with Crippen molar-refractivity contribution in [1.29, 1.82) is 0 Å². The van der Waals surface area contributed by atoms with Gasteiger partial charge in [0.2, 0.25) is 17.7 Å². The van der Waals surface area contributed by atoms with Crippen LogP contribution in [0.1, 0.15) is 25.5 Å². The van der Waals surface area contributed by atoms with E-state index in [-0.39, 0.29) is 19.3 Å². The van der Waals surface area contributed by atoms with Gasteiger partial charge in [-0.15, -0.1) is 0 Å². The summed E-state index contributed by atoms with van der Waals surface area (Å²) in [5.41, 5.74) is 5.97. The number of aliphatic hydroxyl groups excluding tert-OH is 1. The molecule has 14 nitrogen and oxygen atoms in total. The summed E-state index contributed by atoms with van der Waals surface area (Å²) < 4.78 is 0. The monoisotopic (exact) mass is 442 g/mol. The van der Waals surface area contributed by atoms with E-state index in [4.69, 9.17) is 10.8 Å². The summed E-state index contributed by atoms with van der Waals surface area (Å²) in [6, 6.07) is -3.98. The molecule has 0 aliphatic carbocycles. The van der Waals surface area contributed by atoms with Crippen molar-refractivity contribution in [1.82, 2.24) is 25.9 Å². The van der Waals surface area contributed by atoms with E-state index in [9.17, 15) is 34.2 Å². The van der Waals surface area contributed by atoms with Gasteiger partial charge in [-0.3, -0.25) is 19.2 Å². The molecule has 14 heteroatoms. The number of carboxylic acids is 2. The number of aromatic amines is 1. The van der Waals surface area contributed by atoms with Crippen molar-refractivity contribution in [2.45, 2.75) is 50.4 Å². The van der Waals surface area contributed by atoms with Gasteiger partial charge in [0, 0.05) is 24.7 Å². The first-order chi connectivity index (χ1) is 14.5. The van der Waals surface area contributed by atoms with Crippen LogP contribution < -0.4 is 21.7 Å². The Morgan fingerprint density at radius 2 is 1.84 bits per heavy atom. The van der Waals surface area contributed by atoms with Gasteiger partial charge in [-0.25, -0.2) is 9.78 Å². The van der Waals surface area contributed by atoms with E-state index in [1.54, 1.807) is 0 Å². The Hall–Kier alpha value is -3.52. The fourth-order valence-electron chi connectivity index (χ4n) is 2.42. The second-order valence-corrected chi connectivity index (χ2v) is 6.72. The normalized spacial score (nSPS) is 14.5. The Kier molecular flexibility index (Phi) is 10.1. The average Bonchev–Trinajstić information content (AvgIpc) is 3.20. The standard InChI is InChI=1S/C17H26N6O8/c1-8(24)14(16(29)22-11(17(30)31)4-9-5-19-7-21-9)23-12(25)6-20-15(28)10(18)2-3-13(26)27/h5,7-8,10-11,14,24H,2-4,6,18H2,1H3,(H,19,21)(H,20,28)(H,22,29)(H,23,25)(H,26,27)(H,30,31). The fraction of sp³-hybridized carbons (Fsp3) is 0.529. The molecule has 1 aromatic rings. The van der Waals surface area contributed by atoms with Gasteiger partial charge < -0.3 is 42.0 Å². The highest BCUT2D eigenvalue weighted by Gasteiger charge is 2.30. The van der Waals surface area contributed by atoms with Crippen LogP contribution in [0.25, 0.3) is 0 Å². The van der Waals surface area contributed by atoms with E-state index < -0.39 is 60.4 Å². The largest absolute Gasteiger partial charge is 0.481 e. The molecule has 1 rings (SSSR count). The molecule has 4 unspecified atom stereocenters. The minimum Gasteiger partial charge on any atom is -0.481 e. The molecule has 0 fully saturated rings. The highest BCUT2D eigenvalue weighted by Crippen LogP contribution is 2.01. The topological polar surface area (TPSA) is 237 Å². The zero-order valence-corrected chi connectivity index (χ0v) is 16.7. The van der Waals surface area contributed by atoms with Crippen LogP contribution in [0.15, 0.2) is 12.5 Å². The van der Waals surface area contributed by atoms with Crippen molar-refractivity contribution in [3.05, 3.63) is 18.2 Å². The molecule has 9 N–H and O–H groups in total. The Bertz CT molecular complexity index is 782. The van der Waals surface area contributed by atoms with E-state index in [0.717, 1.165) is 0 Å². The van der Waals surface area contributed by atoms with Crippen LogP contribution in [0.2, 0.25) is 0 Å². The zero-order valence-electron chi connectivity index (χ0n) is 16.7. The van der Waals surface area contributed by atoms with E-state index in [2.05, 4.69) is 25.9 Å². The Morgan fingerprint density at radius 1 is 1.16 bits per heavy atom. The van der Waals surface area contributed by atoms with Crippen LogP contribution in [0, 0.1) is 0 Å². The van der Waals surface area contributed by atoms with Gasteiger partial charge in [0.25, 0.3) is 0 Å². The number of aliphatic hydroxyl groups is 1. The molecule has 4 atom stereocenters. The molecule has 0 spiro atoms. The predicted molar refractivity (Wildman–Crippen MR) is 103 cm³/mol. The molecule has 0 aliphatic heterocycles. The van der Waals surface area contributed by atoms with Crippen molar-refractivity contribution >= 4 is 29.7 Å². The number of amides is 3. The highest BCUT2D eigenvalue weighted by atomic mass is 16.4. The first kappa shape index (κ1) is 25.5. The van der Waals surface area contributed by atoms with Crippen molar-refractivity contribution in [3.8, 4) is 0 Å². The van der Waals surface area contributed by atoms with Gasteiger partial charge in [-0.2, -0.15) is 0 Å². The van der Waals surface area contributed by atoms with Crippen molar-refractivity contribution in [3.63, 3.8) is 0 Å². The molecule has 0 radical (unpaired) electrons. The Morgan fingerprint density at radius 3 is 2.35 bits per heavy atom. The molecule has 0 saturated carbocycles. The molecule has 1 heterocycles. The number of aliphatic carboxylic acids is 2.